The van der Waals surface area contributed by atoms with Crippen molar-refractivity contribution in [2.75, 3.05) is 19.8 Å². The number of carbonyl (C=O) groups excluding carboxylic acids is 1. The largest absolute Gasteiger partial charge is 0.396 e. The van der Waals surface area contributed by atoms with Gasteiger partial charge in [-0.2, -0.15) is 0 Å². The van der Waals surface area contributed by atoms with Gasteiger partial charge in [-0.25, -0.2) is 0 Å². The first-order valence-corrected chi connectivity index (χ1v) is 8.80. The maximum Gasteiger partial charge on any atom is 0.259 e. The molecule has 0 bridgehead atoms. The number of fused-ring (bicyclic) bond motifs is 2. The zero-order chi connectivity index (χ0) is 17.6. The van der Waals surface area contributed by atoms with E-state index >= 15 is 0 Å². The summed E-state index contributed by atoms with van der Waals surface area (Å²) >= 11 is 5.95. The molecule has 6 nitrogen and oxygen atoms in total. The minimum Gasteiger partial charge on any atom is -0.396 e. The fraction of sp³-hybridized carbons (Fsp3) is 0.444. The molecule has 2 aromatic rings. The number of aromatic nitrogens is 1. The van der Waals surface area contributed by atoms with Crippen LogP contribution >= 0.6 is 11.6 Å². The van der Waals surface area contributed by atoms with Gasteiger partial charge in [-0.05, 0) is 37.0 Å². The Kier molecular flexibility index (Phi) is 4.27. The molecule has 1 saturated carbocycles. The van der Waals surface area contributed by atoms with Crippen LogP contribution in [0.25, 0.3) is 10.9 Å². The molecule has 1 amide bonds. The summed E-state index contributed by atoms with van der Waals surface area (Å²) < 4.78 is 5.76. The van der Waals surface area contributed by atoms with Gasteiger partial charge in [0, 0.05) is 29.8 Å². The fourth-order valence-electron chi connectivity index (χ4n) is 3.96. The van der Waals surface area contributed by atoms with Crippen LogP contribution in [0.15, 0.2) is 29.2 Å². The first-order valence-electron chi connectivity index (χ1n) is 8.43. The van der Waals surface area contributed by atoms with E-state index in [1.54, 1.807) is 23.1 Å². The predicted molar refractivity (Wildman–Crippen MR) is 94.0 cm³/mol. The van der Waals surface area contributed by atoms with Crippen molar-refractivity contribution in [2.45, 2.75) is 25.0 Å². The van der Waals surface area contributed by atoms with Crippen molar-refractivity contribution in [1.82, 2.24) is 9.88 Å². The van der Waals surface area contributed by atoms with Crippen LogP contribution in [0.5, 0.6) is 0 Å². The fourth-order valence-corrected chi connectivity index (χ4v) is 4.13. The van der Waals surface area contributed by atoms with E-state index in [2.05, 4.69) is 4.98 Å². The molecule has 0 radical (unpaired) electrons. The van der Waals surface area contributed by atoms with Crippen LogP contribution in [-0.2, 0) is 4.74 Å². The van der Waals surface area contributed by atoms with E-state index in [0.717, 1.165) is 6.42 Å². The zero-order valence-electron chi connectivity index (χ0n) is 13.6. The number of nitrogens with one attached hydrogen (secondary N) is 1. The summed E-state index contributed by atoms with van der Waals surface area (Å²) in [5.74, 6) is -0.143. The number of nitrogens with zero attached hydrogens (tertiary/aromatic N) is 1. The van der Waals surface area contributed by atoms with Gasteiger partial charge in [-0.15, -0.1) is 0 Å². The van der Waals surface area contributed by atoms with E-state index in [0.29, 0.717) is 35.5 Å². The lowest BCUT2D eigenvalue weighted by Crippen LogP contribution is -2.52. The predicted octanol–water partition coefficient (Wildman–Crippen LogP) is 1.79. The summed E-state index contributed by atoms with van der Waals surface area (Å²) in [4.78, 5) is 30.5. The second kappa shape index (κ2) is 6.44. The van der Waals surface area contributed by atoms with Gasteiger partial charge in [0.05, 0.1) is 24.3 Å². The number of halogens is 1. The van der Waals surface area contributed by atoms with Gasteiger partial charge in [0.2, 0.25) is 5.43 Å². The molecule has 0 spiro atoms. The molecule has 3 atom stereocenters. The highest BCUT2D eigenvalue weighted by molar-refractivity contribution is 6.31. The SMILES string of the molecule is O=C(c1c[nH]c2cc(Cl)ccc2c1=O)N1CCO[C@H]2C[C@H](CO)C[C@@H]21. The second-order valence-electron chi connectivity index (χ2n) is 6.72. The van der Waals surface area contributed by atoms with E-state index in [4.69, 9.17) is 16.3 Å². The van der Waals surface area contributed by atoms with Gasteiger partial charge in [-0.1, -0.05) is 11.6 Å². The van der Waals surface area contributed by atoms with E-state index in [9.17, 15) is 14.7 Å². The molecule has 0 unspecified atom stereocenters. The number of aliphatic hydroxyl groups excluding tert-OH is 1. The average Bonchev–Trinajstić information content (AvgIpc) is 3.04. The van der Waals surface area contributed by atoms with Gasteiger partial charge >= 0.3 is 0 Å². The average molecular weight is 363 g/mol. The number of pyridine rings is 1. The Balaban J connectivity index is 1.69. The quantitative estimate of drug-likeness (QED) is 0.853. The molecule has 2 aliphatic rings. The minimum absolute atomic E-state index is 0.0619. The number of rotatable bonds is 2. The van der Waals surface area contributed by atoms with E-state index in [1.165, 1.54) is 6.20 Å². The van der Waals surface area contributed by atoms with Gasteiger partial charge < -0.3 is 19.7 Å². The van der Waals surface area contributed by atoms with Gasteiger partial charge in [0.15, 0.2) is 0 Å². The monoisotopic (exact) mass is 362 g/mol. The standard InChI is InChI=1S/C18H19ClN2O4/c19-11-1-2-12-14(7-11)20-8-13(17(12)23)18(24)21-3-4-25-16-6-10(9-22)5-15(16)21/h1-2,7-8,10,15-16,22H,3-6,9H2,(H,20,23)/t10-,15+,16+/m1/s1. The Morgan fingerprint density at radius 2 is 2.24 bits per heavy atom. The maximum absolute atomic E-state index is 13.0. The number of amides is 1. The molecule has 1 saturated heterocycles. The Hall–Kier alpha value is -1.89. The van der Waals surface area contributed by atoms with Gasteiger partial charge in [0.1, 0.15) is 5.56 Å². The molecule has 1 aliphatic heterocycles. The molecule has 1 aromatic carbocycles. The van der Waals surface area contributed by atoms with E-state index < -0.39 is 0 Å². The third-order valence-corrected chi connectivity index (χ3v) is 5.46. The van der Waals surface area contributed by atoms with E-state index in [1.807, 2.05) is 0 Å². The van der Waals surface area contributed by atoms with Crippen molar-refractivity contribution < 1.29 is 14.6 Å². The Morgan fingerprint density at radius 3 is 3.04 bits per heavy atom. The van der Waals surface area contributed by atoms with Crippen LogP contribution in [0.1, 0.15) is 23.2 Å². The Labute approximate surface area is 149 Å². The van der Waals surface area contributed by atoms with E-state index in [-0.39, 0.29) is 41.6 Å². The summed E-state index contributed by atoms with van der Waals surface area (Å²) in [6, 6.07) is 4.85. The molecule has 2 N–H and O–H groups in total. The van der Waals surface area contributed by atoms with Crippen LogP contribution in [0.2, 0.25) is 5.02 Å². The van der Waals surface area contributed by atoms with Crippen molar-refractivity contribution in [1.29, 1.82) is 0 Å². The number of H-pyrrole nitrogens is 1. The number of morpholine rings is 1. The number of benzene rings is 1. The zero-order valence-corrected chi connectivity index (χ0v) is 14.3. The minimum atomic E-state index is -0.296. The highest BCUT2D eigenvalue weighted by atomic mass is 35.5. The number of hydrogen-bond acceptors (Lipinski definition) is 4. The molecule has 4 rings (SSSR count). The molecule has 2 fully saturated rings. The van der Waals surface area contributed by atoms with Gasteiger partial charge in [-0.3, -0.25) is 9.59 Å². The van der Waals surface area contributed by atoms with Crippen molar-refractivity contribution in [3.8, 4) is 0 Å². The van der Waals surface area contributed by atoms with Crippen molar-refractivity contribution in [3.05, 3.63) is 45.2 Å². The van der Waals surface area contributed by atoms with Crippen LogP contribution in [0.3, 0.4) is 0 Å². The number of ether oxygens (including phenoxy) is 1. The lowest BCUT2D eigenvalue weighted by molar-refractivity contribution is -0.0449. The lowest BCUT2D eigenvalue weighted by atomic mass is 10.1. The Bertz CT molecular complexity index is 881. The smallest absolute Gasteiger partial charge is 0.259 e. The van der Waals surface area contributed by atoms with Crippen LogP contribution in [0.4, 0.5) is 0 Å². The molecule has 7 heteroatoms. The summed E-state index contributed by atoms with van der Waals surface area (Å²) in [5.41, 5.74) is 0.438. The topological polar surface area (TPSA) is 82.6 Å². The summed E-state index contributed by atoms with van der Waals surface area (Å²) in [7, 11) is 0. The lowest BCUT2D eigenvalue weighted by Gasteiger charge is -2.37. The Morgan fingerprint density at radius 1 is 1.40 bits per heavy atom. The van der Waals surface area contributed by atoms with Crippen molar-refractivity contribution in [3.63, 3.8) is 0 Å². The molecular weight excluding hydrogens is 344 g/mol. The first-order chi connectivity index (χ1) is 12.1. The normalized spacial score (nSPS) is 26.0. The molecular formula is C18H19ClN2O4. The van der Waals surface area contributed by atoms with Crippen molar-refractivity contribution in [2.24, 2.45) is 5.92 Å². The molecule has 25 heavy (non-hydrogen) atoms. The highest BCUT2D eigenvalue weighted by Gasteiger charge is 2.43. The number of hydrogen-bond donors (Lipinski definition) is 2. The third-order valence-electron chi connectivity index (χ3n) is 5.23. The van der Waals surface area contributed by atoms with Crippen LogP contribution < -0.4 is 5.43 Å². The molecule has 1 aliphatic carbocycles. The first kappa shape index (κ1) is 16.6. The number of aliphatic hydroxyl groups is 1. The molecule has 1 aromatic heterocycles. The molecule has 2 heterocycles. The third kappa shape index (κ3) is 2.84. The summed E-state index contributed by atoms with van der Waals surface area (Å²) in [5, 5.41) is 10.4. The van der Waals surface area contributed by atoms with Crippen LogP contribution in [0, 0.1) is 5.92 Å². The second-order valence-corrected chi connectivity index (χ2v) is 7.15. The van der Waals surface area contributed by atoms with Gasteiger partial charge in [0.25, 0.3) is 5.91 Å². The maximum atomic E-state index is 13.0. The van der Waals surface area contributed by atoms with Crippen molar-refractivity contribution >= 4 is 28.4 Å². The highest BCUT2D eigenvalue weighted by Crippen LogP contribution is 2.34. The summed E-state index contributed by atoms with van der Waals surface area (Å²) in [6.45, 7) is 0.998. The molecule has 132 valence electrons. The van der Waals surface area contributed by atoms with Crippen LogP contribution in [-0.4, -0.2) is 52.8 Å². The summed E-state index contributed by atoms with van der Waals surface area (Å²) in [6.07, 6.45) is 2.85. The number of aromatic amines is 1. The number of carbonyl (C=O) groups is 1.